The van der Waals surface area contributed by atoms with Gasteiger partial charge in [-0.15, -0.1) is 0 Å². The van der Waals surface area contributed by atoms with E-state index >= 15 is 0 Å². The molecule has 9 heteroatoms. The Hall–Kier alpha value is -2.42. The van der Waals surface area contributed by atoms with E-state index < -0.39 is 35.0 Å². The minimum atomic E-state index is -4.66. The topological polar surface area (TPSA) is 60.2 Å². The molecule has 1 heterocycles. The smallest absolute Gasteiger partial charge is 0.416 e. The van der Waals surface area contributed by atoms with Crippen LogP contribution in [0.3, 0.4) is 0 Å². The third kappa shape index (κ3) is 3.57. The molecule has 0 atom stereocenters. The Morgan fingerprint density at radius 2 is 1.81 bits per heavy atom. The molecule has 0 amide bonds. The summed E-state index contributed by atoms with van der Waals surface area (Å²) in [6, 6.07) is 3.60. The van der Waals surface area contributed by atoms with Gasteiger partial charge in [0.15, 0.2) is 11.6 Å². The van der Waals surface area contributed by atoms with Crippen molar-refractivity contribution in [2.75, 3.05) is 5.43 Å². The van der Waals surface area contributed by atoms with E-state index in [0.717, 1.165) is 12.1 Å². The molecule has 0 saturated heterocycles. The maximum absolute atomic E-state index is 13.4. The zero-order valence-corrected chi connectivity index (χ0v) is 10.2. The van der Waals surface area contributed by atoms with E-state index in [-0.39, 0.29) is 5.82 Å². The summed E-state index contributed by atoms with van der Waals surface area (Å²) in [6.07, 6.45) is -4.66. The van der Waals surface area contributed by atoms with Crippen LogP contribution in [0.15, 0.2) is 30.3 Å². The van der Waals surface area contributed by atoms with E-state index in [1.54, 1.807) is 0 Å². The lowest BCUT2D eigenvalue weighted by molar-refractivity contribution is -0.137. The van der Waals surface area contributed by atoms with Crippen LogP contribution in [-0.2, 0) is 6.18 Å². The fourth-order valence-electron chi connectivity index (χ4n) is 1.47. The molecule has 112 valence electrons. The van der Waals surface area contributed by atoms with Crippen LogP contribution < -0.4 is 16.0 Å². The Balaban J connectivity index is 2.39. The predicted octanol–water partition coefficient (Wildman–Crippen LogP) is 3.46. The summed E-state index contributed by atoms with van der Waals surface area (Å²) in [4.78, 5) is 3.61. The number of nitrogen functional groups attached to an aromatic ring is 1. The number of nitrogens with one attached hydrogen (secondary N) is 1. The van der Waals surface area contributed by atoms with Crippen molar-refractivity contribution in [3.8, 4) is 11.6 Å². The number of rotatable bonds is 3. The van der Waals surface area contributed by atoms with E-state index in [4.69, 9.17) is 10.6 Å². The monoisotopic (exact) mass is 305 g/mol. The van der Waals surface area contributed by atoms with Crippen molar-refractivity contribution in [2.45, 2.75) is 6.18 Å². The van der Waals surface area contributed by atoms with Crippen LogP contribution in [0.1, 0.15) is 5.56 Å². The molecule has 21 heavy (non-hydrogen) atoms. The van der Waals surface area contributed by atoms with Gasteiger partial charge in [0, 0.05) is 12.1 Å². The highest BCUT2D eigenvalue weighted by atomic mass is 19.4. The molecule has 0 spiro atoms. The Morgan fingerprint density at radius 1 is 1.10 bits per heavy atom. The van der Waals surface area contributed by atoms with Crippen LogP contribution >= 0.6 is 0 Å². The molecule has 2 rings (SSSR count). The number of hydrazine groups is 1. The van der Waals surface area contributed by atoms with Gasteiger partial charge in [-0.05, 0) is 18.2 Å². The molecule has 0 fully saturated rings. The molecule has 0 aliphatic heterocycles. The fraction of sp³-hybridized carbons (Fsp3) is 0.0833. The molecule has 0 radical (unpaired) electrons. The number of alkyl halides is 3. The Morgan fingerprint density at radius 3 is 2.38 bits per heavy atom. The van der Waals surface area contributed by atoms with Crippen molar-refractivity contribution in [3.63, 3.8) is 0 Å². The first-order valence-electron chi connectivity index (χ1n) is 5.48. The highest BCUT2D eigenvalue weighted by Crippen LogP contribution is 2.34. The number of halogens is 5. The predicted molar refractivity (Wildman–Crippen MR) is 63.5 cm³/mol. The lowest BCUT2D eigenvalue weighted by atomic mass is 10.2. The minimum Gasteiger partial charge on any atom is -0.436 e. The standard InChI is InChI=1S/C12H8F5N3O/c13-7-1-2-9(8(14)5-7)21-11-4-6(12(15,16)17)3-10(19-11)20-18/h1-5H,18H2,(H,19,20). The van der Waals surface area contributed by atoms with Gasteiger partial charge < -0.3 is 10.2 Å². The Bertz CT molecular complexity index is 660. The zero-order chi connectivity index (χ0) is 15.6. The second-order valence-corrected chi connectivity index (χ2v) is 3.90. The first-order valence-corrected chi connectivity index (χ1v) is 5.48. The third-order valence-electron chi connectivity index (χ3n) is 2.39. The van der Waals surface area contributed by atoms with Crippen LogP contribution in [0.4, 0.5) is 27.8 Å². The van der Waals surface area contributed by atoms with Crippen LogP contribution in [0.25, 0.3) is 0 Å². The van der Waals surface area contributed by atoms with Crippen molar-refractivity contribution < 1.29 is 26.7 Å². The number of anilines is 1. The zero-order valence-electron chi connectivity index (χ0n) is 10.2. The highest BCUT2D eigenvalue weighted by Gasteiger charge is 2.32. The summed E-state index contributed by atoms with van der Waals surface area (Å²) in [5.74, 6) is 1.77. The Labute approximate surface area is 115 Å². The number of pyridine rings is 1. The molecule has 0 saturated carbocycles. The molecular weight excluding hydrogens is 297 g/mol. The van der Waals surface area contributed by atoms with Gasteiger partial charge in [0.05, 0.1) is 5.56 Å². The molecular formula is C12H8F5N3O. The quantitative estimate of drug-likeness (QED) is 0.518. The van der Waals surface area contributed by atoms with Crippen LogP contribution in [-0.4, -0.2) is 4.98 Å². The second kappa shape index (κ2) is 5.52. The molecule has 0 bridgehead atoms. The molecule has 0 unspecified atom stereocenters. The van der Waals surface area contributed by atoms with Gasteiger partial charge in [0.2, 0.25) is 5.88 Å². The maximum atomic E-state index is 13.4. The number of ether oxygens (including phenoxy) is 1. The van der Waals surface area contributed by atoms with Crippen molar-refractivity contribution in [3.05, 3.63) is 47.5 Å². The van der Waals surface area contributed by atoms with Crippen LogP contribution in [0.2, 0.25) is 0 Å². The SMILES string of the molecule is NNc1cc(C(F)(F)F)cc(Oc2ccc(F)cc2F)n1. The van der Waals surface area contributed by atoms with E-state index in [0.29, 0.717) is 18.2 Å². The highest BCUT2D eigenvalue weighted by molar-refractivity contribution is 5.43. The number of hydrogen-bond donors (Lipinski definition) is 2. The number of nitrogens with two attached hydrogens (primary N) is 1. The lowest BCUT2D eigenvalue weighted by Gasteiger charge is -2.12. The number of aromatic nitrogens is 1. The summed E-state index contributed by atoms with van der Waals surface area (Å²) < 4.78 is 69.1. The van der Waals surface area contributed by atoms with Gasteiger partial charge >= 0.3 is 6.18 Å². The summed E-state index contributed by atoms with van der Waals surface area (Å²) in [7, 11) is 0. The molecule has 0 aliphatic rings. The van der Waals surface area contributed by atoms with Crippen LogP contribution in [0, 0.1) is 11.6 Å². The molecule has 1 aromatic carbocycles. The van der Waals surface area contributed by atoms with Gasteiger partial charge in [-0.1, -0.05) is 0 Å². The Kier molecular flexibility index (Phi) is 3.94. The second-order valence-electron chi connectivity index (χ2n) is 3.90. The lowest BCUT2D eigenvalue weighted by Crippen LogP contribution is -2.12. The fourth-order valence-corrected chi connectivity index (χ4v) is 1.47. The van der Waals surface area contributed by atoms with E-state index in [9.17, 15) is 22.0 Å². The number of hydrogen-bond acceptors (Lipinski definition) is 4. The summed E-state index contributed by atoms with van der Waals surface area (Å²) >= 11 is 0. The first kappa shape index (κ1) is 15.0. The molecule has 4 nitrogen and oxygen atoms in total. The van der Waals surface area contributed by atoms with Crippen LogP contribution in [0.5, 0.6) is 11.6 Å². The van der Waals surface area contributed by atoms with E-state index in [2.05, 4.69) is 4.98 Å². The number of nitrogens with zero attached hydrogens (tertiary/aromatic N) is 1. The van der Waals surface area contributed by atoms with Crippen molar-refractivity contribution >= 4 is 5.82 Å². The summed E-state index contributed by atoms with van der Waals surface area (Å²) in [5.41, 5.74) is 0.864. The van der Waals surface area contributed by atoms with Crippen molar-refractivity contribution in [1.29, 1.82) is 0 Å². The average molecular weight is 305 g/mol. The molecule has 3 N–H and O–H groups in total. The van der Waals surface area contributed by atoms with Gasteiger partial charge in [-0.3, -0.25) is 0 Å². The normalized spacial score (nSPS) is 11.3. The first-order chi connectivity index (χ1) is 9.79. The minimum absolute atomic E-state index is 0.317. The van der Waals surface area contributed by atoms with Gasteiger partial charge in [0.25, 0.3) is 0 Å². The molecule has 0 aliphatic carbocycles. The summed E-state index contributed by atoms with van der Waals surface area (Å²) in [6.45, 7) is 0. The van der Waals surface area contributed by atoms with Crippen molar-refractivity contribution in [1.82, 2.24) is 4.98 Å². The van der Waals surface area contributed by atoms with Gasteiger partial charge in [-0.25, -0.2) is 14.6 Å². The van der Waals surface area contributed by atoms with Gasteiger partial charge in [-0.2, -0.15) is 18.2 Å². The molecule has 1 aromatic heterocycles. The largest absolute Gasteiger partial charge is 0.436 e. The van der Waals surface area contributed by atoms with Crippen molar-refractivity contribution in [2.24, 2.45) is 5.84 Å². The number of benzene rings is 1. The van der Waals surface area contributed by atoms with E-state index in [1.165, 1.54) is 0 Å². The van der Waals surface area contributed by atoms with E-state index in [1.807, 2.05) is 5.43 Å². The maximum Gasteiger partial charge on any atom is 0.416 e. The summed E-state index contributed by atoms with van der Waals surface area (Å²) in [5, 5.41) is 0. The average Bonchev–Trinajstić information content (AvgIpc) is 2.40. The molecule has 2 aromatic rings. The van der Waals surface area contributed by atoms with Gasteiger partial charge in [0.1, 0.15) is 11.6 Å². The third-order valence-corrected chi connectivity index (χ3v) is 2.39.